The first kappa shape index (κ1) is 12.4. The van der Waals surface area contributed by atoms with E-state index in [1.54, 1.807) is 0 Å². The Labute approximate surface area is 100 Å². The number of halogens is 3. The zero-order chi connectivity index (χ0) is 13.3. The summed E-state index contributed by atoms with van der Waals surface area (Å²) >= 11 is 0. The molecule has 2 rings (SSSR count). The molecule has 1 N–H and O–H groups in total. The number of nitrogens with one attached hydrogen (secondary N) is 1. The lowest BCUT2D eigenvalue weighted by atomic mass is 10.1. The Kier molecular flexibility index (Phi) is 2.98. The first-order valence-corrected chi connectivity index (χ1v) is 5.11. The molecule has 1 aliphatic rings. The molecule has 0 fully saturated rings. The van der Waals surface area contributed by atoms with Crippen molar-refractivity contribution < 1.29 is 22.8 Å². The third kappa shape index (κ3) is 2.29. The predicted octanol–water partition coefficient (Wildman–Crippen LogP) is 1.66. The second-order valence-electron chi connectivity index (χ2n) is 3.83. The fraction of sp³-hybridized carbons (Fsp3) is 0.273. The smallest absolute Gasteiger partial charge is 0.353 e. The molecule has 1 amide bonds. The third-order valence-electron chi connectivity index (χ3n) is 2.57. The van der Waals surface area contributed by atoms with Crippen molar-refractivity contribution in [1.82, 2.24) is 0 Å². The Morgan fingerprint density at radius 1 is 1.39 bits per heavy atom. The number of hydrogen-bond donors (Lipinski definition) is 1. The Morgan fingerprint density at radius 3 is 2.72 bits per heavy atom. The second kappa shape index (κ2) is 4.32. The number of anilines is 2. The number of alkyl halides is 3. The second-order valence-corrected chi connectivity index (χ2v) is 3.83. The average molecular weight is 258 g/mol. The Hall–Kier alpha value is -2.05. The maximum atomic E-state index is 12.5. The summed E-state index contributed by atoms with van der Waals surface area (Å²) in [5.74, 6) is -0.441. The highest BCUT2D eigenvalue weighted by molar-refractivity contribution is 6.01. The highest BCUT2D eigenvalue weighted by Crippen LogP contribution is 2.36. The van der Waals surface area contributed by atoms with Crippen LogP contribution in [0.1, 0.15) is 5.56 Å². The van der Waals surface area contributed by atoms with Crippen LogP contribution in [0.5, 0.6) is 0 Å². The molecule has 0 spiro atoms. The first-order chi connectivity index (χ1) is 8.41. The maximum absolute atomic E-state index is 12.5. The van der Waals surface area contributed by atoms with Crippen molar-refractivity contribution in [3.8, 4) is 0 Å². The first-order valence-electron chi connectivity index (χ1n) is 5.11. The van der Waals surface area contributed by atoms with Gasteiger partial charge in [0, 0.05) is 0 Å². The molecule has 1 aromatic carbocycles. The number of hydrogen-bond acceptors (Lipinski definition) is 3. The van der Waals surface area contributed by atoms with Crippen LogP contribution >= 0.6 is 0 Å². The summed E-state index contributed by atoms with van der Waals surface area (Å²) in [7, 11) is 0. The maximum Gasteiger partial charge on any atom is 0.416 e. The van der Waals surface area contributed by atoms with E-state index in [0.717, 1.165) is 12.1 Å². The van der Waals surface area contributed by atoms with Gasteiger partial charge in [0.25, 0.3) is 0 Å². The standard InChI is InChI=1S/C11H9F3N2O2/c12-11(13,14)7-1-2-9-8(5-7)15-10(18)6-16(9)3-4-17/h1-2,4-5H,3,6H2,(H,15,18). The van der Waals surface area contributed by atoms with E-state index in [1.165, 1.54) is 11.0 Å². The summed E-state index contributed by atoms with van der Waals surface area (Å²) < 4.78 is 37.6. The van der Waals surface area contributed by atoms with Gasteiger partial charge >= 0.3 is 6.18 Å². The van der Waals surface area contributed by atoms with Crippen LogP contribution in [0.3, 0.4) is 0 Å². The quantitative estimate of drug-likeness (QED) is 0.821. The van der Waals surface area contributed by atoms with Gasteiger partial charge in [0.15, 0.2) is 0 Å². The van der Waals surface area contributed by atoms with Gasteiger partial charge in [-0.05, 0) is 18.2 Å². The minimum Gasteiger partial charge on any atom is -0.353 e. The summed E-state index contributed by atoms with van der Waals surface area (Å²) in [4.78, 5) is 23.2. The molecule has 96 valence electrons. The Morgan fingerprint density at radius 2 is 2.11 bits per heavy atom. The normalized spacial score (nSPS) is 15.1. The van der Waals surface area contributed by atoms with E-state index in [0.29, 0.717) is 12.0 Å². The molecular formula is C11H9F3N2O2. The van der Waals surface area contributed by atoms with Crippen LogP contribution < -0.4 is 10.2 Å². The van der Waals surface area contributed by atoms with E-state index in [2.05, 4.69) is 5.32 Å². The van der Waals surface area contributed by atoms with Crippen LogP contribution in [0.15, 0.2) is 18.2 Å². The van der Waals surface area contributed by atoms with E-state index >= 15 is 0 Å². The van der Waals surface area contributed by atoms with Gasteiger partial charge in [-0.15, -0.1) is 0 Å². The van der Waals surface area contributed by atoms with Gasteiger partial charge in [-0.25, -0.2) is 0 Å². The number of rotatable bonds is 2. The molecule has 1 heterocycles. The Balaban J connectivity index is 2.43. The minimum atomic E-state index is -4.47. The zero-order valence-corrected chi connectivity index (χ0v) is 9.12. The van der Waals surface area contributed by atoms with Crippen LogP contribution in [0.25, 0.3) is 0 Å². The number of benzene rings is 1. The molecule has 0 aliphatic carbocycles. The molecule has 0 aromatic heterocycles. The van der Waals surface area contributed by atoms with Gasteiger partial charge < -0.3 is 15.0 Å². The highest BCUT2D eigenvalue weighted by atomic mass is 19.4. The van der Waals surface area contributed by atoms with Crippen LogP contribution in [0, 0.1) is 0 Å². The molecule has 1 aliphatic heterocycles. The molecular weight excluding hydrogens is 249 g/mol. The molecule has 18 heavy (non-hydrogen) atoms. The summed E-state index contributed by atoms with van der Waals surface area (Å²) in [6.45, 7) is -0.0805. The van der Waals surface area contributed by atoms with E-state index in [9.17, 15) is 22.8 Å². The van der Waals surface area contributed by atoms with E-state index < -0.39 is 17.6 Å². The topological polar surface area (TPSA) is 49.4 Å². The van der Waals surface area contributed by atoms with Crippen molar-refractivity contribution >= 4 is 23.6 Å². The van der Waals surface area contributed by atoms with Gasteiger partial charge in [-0.2, -0.15) is 13.2 Å². The van der Waals surface area contributed by atoms with Crippen LogP contribution in [0.4, 0.5) is 24.5 Å². The van der Waals surface area contributed by atoms with Crippen LogP contribution in [-0.4, -0.2) is 25.3 Å². The summed E-state index contributed by atoms with van der Waals surface area (Å²) in [5.41, 5.74) is -0.355. The van der Waals surface area contributed by atoms with E-state index in [-0.39, 0.29) is 18.8 Å². The fourth-order valence-electron chi connectivity index (χ4n) is 1.79. The number of carbonyl (C=O) groups is 2. The highest BCUT2D eigenvalue weighted by Gasteiger charge is 2.32. The van der Waals surface area contributed by atoms with Crippen molar-refractivity contribution in [2.24, 2.45) is 0 Å². The molecule has 0 radical (unpaired) electrons. The van der Waals surface area contributed by atoms with E-state index in [4.69, 9.17) is 0 Å². The van der Waals surface area contributed by atoms with Crippen molar-refractivity contribution in [1.29, 1.82) is 0 Å². The van der Waals surface area contributed by atoms with Crippen molar-refractivity contribution in [3.63, 3.8) is 0 Å². The van der Waals surface area contributed by atoms with Crippen LogP contribution in [0.2, 0.25) is 0 Å². The summed E-state index contributed by atoms with van der Waals surface area (Å²) in [5, 5.41) is 2.36. The fourth-order valence-corrected chi connectivity index (χ4v) is 1.79. The van der Waals surface area contributed by atoms with Gasteiger partial charge in [0.1, 0.15) is 6.29 Å². The summed E-state index contributed by atoms with van der Waals surface area (Å²) in [6.07, 6.45) is -3.87. The van der Waals surface area contributed by atoms with E-state index in [1.807, 2.05) is 0 Å². The molecule has 0 atom stereocenters. The molecule has 0 bridgehead atoms. The lowest BCUT2D eigenvalue weighted by Gasteiger charge is -2.29. The van der Waals surface area contributed by atoms with Crippen molar-refractivity contribution in [3.05, 3.63) is 23.8 Å². The molecule has 1 aromatic rings. The summed E-state index contributed by atoms with van der Waals surface area (Å²) in [6, 6.07) is 3.04. The van der Waals surface area contributed by atoms with Gasteiger partial charge in [-0.1, -0.05) is 0 Å². The minimum absolute atomic E-state index is 0.0359. The number of fused-ring (bicyclic) bond motifs is 1. The molecule has 0 unspecified atom stereocenters. The molecule has 0 saturated heterocycles. The Bertz CT molecular complexity index is 500. The van der Waals surface area contributed by atoms with Gasteiger partial charge in [-0.3, -0.25) is 4.79 Å². The molecule has 4 nitrogen and oxygen atoms in total. The lowest BCUT2D eigenvalue weighted by molar-refractivity contribution is -0.137. The lowest BCUT2D eigenvalue weighted by Crippen LogP contribution is -2.39. The zero-order valence-electron chi connectivity index (χ0n) is 9.12. The number of carbonyl (C=O) groups excluding carboxylic acids is 2. The molecule has 0 saturated carbocycles. The third-order valence-corrected chi connectivity index (χ3v) is 2.57. The number of aldehydes is 1. The van der Waals surface area contributed by atoms with Crippen LogP contribution in [-0.2, 0) is 15.8 Å². The monoisotopic (exact) mass is 258 g/mol. The molecule has 7 heteroatoms. The predicted molar refractivity (Wildman–Crippen MR) is 58.4 cm³/mol. The largest absolute Gasteiger partial charge is 0.416 e. The van der Waals surface area contributed by atoms with Gasteiger partial charge in [0.2, 0.25) is 5.91 Å². The van der Waals surface area contributed by atoms with Crippen molar-refractivity contribution in [2.75, 3.05) is 23.3 Å². The number of amides is 1. The SMILES string of the molecule is O=CCN1CC(=O)Nc2cc(C(F)(F)F)ccc21. The average Bonchev–Trinajstić information content (AvgIpc) is 2.27. The van der Waals surface area contributed by atoms with Gasteiger partial charge in [0.05, 0.1) is 30.0 Å². The number of nitrogens with zero attached hydrogens (tertiary/aromatic N) is 1. The van der Waals surface area contributed by atoms with Crippen molar-refractivity contribution in [2.45, 2.75) is 6.18 Å².